The number of carbonyl (C=O) groups excluding carboxylic acids is 1. The molecule has 0 aliphatic heterocycles. The molecule has 4 nitrogen and oxygen atoms in total. The summed E-state index contributed by atoms with van der Waals surface area (Å²) in [5.74, 6) is -2.27. The zero-order valence-electron chi connectivity index (χ0n) is 14.0. The van der Waals surface area contributed by atoms with Crippen LogP contribution in [0.15, 0.2) is 60.8 Å². The molecular formula is C19H12F5N3O. The lowest BCUT2D eigenvalue weighted by atomic mass is 10.2. The van der Waals surface area contributed by atoms with Gasteiger partial charge in [0, 0.05) is 23.6 Å². The molecule has 0 unspecified atom stereocenters. The van der Waals surface area contributed by atoms with E-state index in [1.165, 1.54) is 24.4 Å². The van der Waals surface area contributed by atoms with Crippen LogP contribution in [0.5, 0.6) is 0 Å². The first kappa shape index (κ1) is 19.3. The predicted molar refractivity (Wildman–Crippen MR) is 93.3 cm³/mol. The molecule has 2 N–H and O–H groups in total. The Morgan fingerprint density at radius 1 is 0.857 bits per heavy atom. The zero-order valence-corrected chi connectivity index (χ0v) is 14.0. The van der Waals surface area contributed by atoms with Crippen molar-refractivity contribution in [2.24, 2.45) is 0 Å². The van der Waals surface area contributed by atoms with Crippen LogP contribution < -0.4 is 10.6 Å². The highest BCUT2D eigenvalue weighted by Gasteiger charge is 2.30. The SMILES string of the molecule is O=C(Nc1ccc(C(F)(F)F)cc1)c1ccc(Nc2ccc(F)c(F)c2)nc1. The van der Waals surface area contributed by atoms with E-state index in [1.807, 2.05) is 0 Å². The summed E-state index contributed by atoms with van der Waals surface area (Å²) >= 11 is 0. The molecule has 0 aliphatic rings. The topological polar surface area (TPSA) is 54.0 Å². The van der Waals surface area contributed by atoms with Gasteiger partial charge in [0.15, 0.2) is 11.6 Å². The molecule has 3 rings (SSSR count). The van der Waals surface area contributed by atoms with Gasteiger partial charge in [-0.1, -0.05) is 0 Å². The monoisotopic (exact) mass is 393 g/mol. The maximum Gasteiger partial charge on any atom is 0.416 e. The fourth-order valence-corrected chi connectivity index (χ4v) is 2.27. The van der Waals surface area contributed by atoms with Crippen LogP contribution in [-0.4, -0.2) is 10.9 Å². The molecule has 0 fully saturated rings. The number of anilines is 3. The second kappa shape index (κ2) is 7.63. The molecule has 9 heteroatoms. The van der Waals surface area contributed by atoms with E-state index in [0.29, 0.717) is 0 Å². The number of carbonyl (C=O) groups is 1. The number of nitrogens with one attached hydrogen (secondary N) is 2. The van der Waals surface area contributed by atoms with Crippen molar-refractivity contribution in [3.8, 4) is 0 Å². The van der Waals surface area contributed by atoms with Crippen LogP contribution in [0, 0.1) is 11.6 Å². The molecule has 2 aromatic carbocycles. The van der Waals surface area contributed by atoms with Crippen molar-refractivity contribution in [3.63, 3.8) is 0 Å². The molecule has 0 spiro atoms. The van der Waals surface area contributed by atoms with Crippen molar-refractivity contribution >= 4 is 23.1 Å². The van der Waals surface area contributed by atoms with Gasteiger partial charge in [-0.2, -0.15) is 13.2 Å². The normalized spacial score (nSPS) is 11.2. The quantitative estimate of drug-likeness (QED) is 0.586. The Morgan fingerprint density at radius 2 is 1.54 bits per heavy atom. The molecule has 1 heterocycles. The summed E-state index contributed by atoms with van der Waals surface area (Å²) in [5, 5.41) is 5.21. The van der Waals surface area contributed by atoms with Gasteiger partial charge in [-0.15, -0.1) is 0 Å². The summed E-state index contributed by atoms with van der Waals surface area (Å²) in [4.78, 5) is 16.2. The summed E-state index contributed by atoms with van der Waals surface area (Å²) in [6.45, 7) is 0. The molecule has 144 valence electrons. The first-order valence-electron chi connectivity index (χ1n) is 7.89. The third kappa shape index (κ3) is 4.61. The molecule has 0 bridgehead atoms. The molecule has 28 heavy (non-hydrogen) atoms. The zero-order chi connectivity index (χ0) is 20.3. The number of rotatable bonds is 4. The summed E-state index contributed by atoms with van der Waals surface area (Å²) in [6.07, 6.45) is -3.22. The van der Waals surface area contributed by atoms with Crippen molar-refractivity contribution < 1.29 is 26.7 Å². The maximum atomic E-state index is 13.2. The number of alkyl halides is 3. The molecule has 0 radical (unpaired) electrons. The third-order valence-electron chi connectivity index (χ3n) is 3.69. The van der Waals surface area contributed by atoms with E-state index in [2.05, 4.69) is 15.6 Å². The summed E-state index contributed by atoms with van der Waals surface area (Å²) in [6, 6.07) is 10.1. The molecule has 3 aromatic rings. The van der Waals surface area contributed by atoms with E-state index < -0.39 is 29.3 Å². The number of pyridine rings is 1. The molecule has 0 atom stereocenters. The lowest BCUT2D eigenvalue weighted by Crippen LogP contribution is -2.13. The van der Waals surface area contributed by atoms with E-state index in [9.17, 15) is 26.7 Å². The van der Waals surface area contributed by atoms with E-state index >= 15 is 0 Å². The molecule has 0 aliphatic carbocycles. The first-order chi connectivity index (χ1) is 13.2. The van der Waals surface area contributed by atoms with Crippen LogP contribution in [0.2, 0.25) is 0 Å². The predicted octanol–water partition coefficient (Wildman–Crippen LogP) is 5.37. The molecular weight excluding hydrogens is 381 g/mol. The first-order valence-corrected chi connectivity index (χ1v) is 7.89. The number of amides is 1. The Bertz CT molecular complexity index is 986. The highest BCUT2D eigenvalue weighted by Crippen LogP contribution is 2.29. The Morgan fingerprint density at radius 3 is 2.11 bits per heavy atom. The average Bonchev–Trinajstić information content (AvgIpc) is 2.65. The Kier molecular flexibility index (Phi) is 5.25. The third-order valence-corrected chi connectivity index (χ3v) is 3.69. The Labute approximate surface area is 156 Å². The molecule has 0 saturated carbocycles. The van der Waals surface area contributed by atoms with Crippen molar-refractivity contribution in [1.29, 1.82) is 0 Å². The van der Waals surface area contributed by atoms with Crippen molar-refractivity contribution in [2.45, 2.75) is 6.18 Å². The van der Waals surface area contributed by atoms with Gasteiger partial charge in [-0.3, -0.25) is 4.79 Å². The second-order valence-corrected chi connectivity index (χ2v) is 5.72. The smallest absolute Gasteiger partial charge is 0.340 e. The van der Waals surface area contributed by atoms with Gasteiger partial charge in [0.2, 0.25) is 0 Å². The number of hydrogen-bond acceptors (Lipinski definition) is 3. The van der Waals surface area contributed by atoms with Crippen LogP contribution >= 0.6 is 0 Å². The Hall–Kier alpha value is -3.49. The minimum atomic E-state index is -4.46. The van der Waals surface area contributed by atoms with Gasteiger partial charge < -0.3 is 10.6 Å². The summed E-state index contributed by atoms with van der Waals surface area (Å²) < 4.78 is 63.7. The van der Waals surface area contributed by atoms with Gasteiger partial charge >= 0.3 is 6.18 Å². The number of benzene rings is 2. The fraction of sp³-hybridized carbons (Fsp3) is 0.0526. The maximum absolute atomic E-state index is 13.2. The number of hydrogen-bond donors (Lipinski definition) is 2. The van der Waals surface area contributed by atoms with E-state index in [4.69, 9.17) is 0 Å². The van der Waals surface area contributed by atoms with Crippen molar-refractivity contribution in [3.05, 3.63) is 83.6 Å². The molecule has 0 saturated heterocycles. The van der Waals surface area contributed by atoms with Gasteiger partial charge in [0.1, 0.15) is 5.82 Å². The minimum absolute atomic E-state index is 0.163. The van der Waals surface area contributed by atoms with Crippen LogP contribution in [0.1, 0.15) is 15.9 Å². The van der Waals surface area contributed by atoms with E-state index in [1.54, 1.807) is 0 Å². The van der Waals surface area contributed by atoms with Crippen LogP contribution in [0.3, 0.4) is 0 Å². The van der Waals surface area contributed by atoms with Crippen molar-refractivity contribution in [1.82, 2.24) is 4.98 Å². The largest absolute Gasteiger partial charge is 0.416 e. The highest BCUT2D eigenvalue weighted by molar-refractivity contribution is 6.04. The summed E-state index contributed by atoms with van der Waals surface area (Å²) in [7, 11) is 0. The lowest BCUT2D eigenvalue weighted by Gasteiger charge is -2.09. The fourth-order valence-electron chi connectivity index (χ4n) is 2.27. The van der Waals surface area contributed by atoms with Gasteiger partial charge in [-0.05, 0) is 48.5 Å². The lowest BCUT2D eigenvalue weighted by molar-refractivity contribution is -0.137. The van der Waals surface area contributed by atoms with Crippen LogP contribution in [0.25, 0.3) is 0 Å². The van der Waals surface area contributed by atoms with Crippen LogP contribution in [0.4, 0.5) is 39.1 Å². The molecule has 1 aromatic heterocycles. The number of nitrogens with zero attached hydrogens (tertiary/aromatic N) is 1. The standard InChI is InChI=1S/C19H12F5N3O/c20-15-7-6-14(9-16(15)21)26-17-8-1-11(10-25-17)18(28)27-13-4-2-12(3-5-13)19(22,23)24/h1-10H,(H,25,26)(H,27,28). The van der Waals surface area contributed by atoms with E-state index in [-0.39, 0.29) is 22.8 Å². The second-order valence-electron chi connectivity index (χ2n) is 5.72. The highest BCUT2D eigenvalue weighted by atomic mass is 19.4. The molecule has 1 amide bonds. The minimum Gasteiger partial charge on any atom is -0.340 e. The van der Waals surface area contributed by atoms with Gasteiger partial charge in [0.05, 0.1) is 11.1 Å². The average molecular weight is 393 g/mol. The van der Waals surface area contributed by atoms with Crippen LogP contribution in [-0.2, 0) is 6.18 Å². The van der Waals surface area contributed by atoms with Crippen molar-refractivity contribution in [2.75, 3.05) is 10.6 Å². The number of aromatic nitrogens is 1. The van der Waals surface area contributed by atoms with E-state index in [0.717, 1.165) is 36.4 Å². The summed E-state index contributed by atoms with van der Waals surface area (Å²) in [5.41, 5.74) is -0.189. The van der Waals surface area contributed by atoms with Gasteiger partial charge in [-0.25, -0.2) is 13.8 Å². The Balaban J connectivity index is 1.65. The number of halogens is 5. The van der Waals surface area contributed by atoms with Gasteiger partial charge in [0.25, 0.3) is 5.91 Å².